The van der Waals surface area contributed by atoms with E-state index in [1.165, 1.54) is 6.08 Å². The van der Waals surface area contributed by atoms with Crippen molar-refractivity contribution in [3.05, 3.63) is 71.0 Å². The molecule has 96 valence electrons. The van der Waals surface area contributed by atoms with Gasteiger partial charge < -0.3 is 5.32 Å². The second-order valence-electron chi connectivity index (χ2n) is 3.89. The summed E-state index contributed by atoms with van der Waals surface area (Å²) < 4.78 is 0. The Kier molecular flexibility index (Phi) is 4.70. The van der Waals surface area contributed by atoms with E-state index in [0.717, 1.165) is 11.3 Å². The first-order valence-electron chi connectivity index (χ1n) is 5.86. The number of amides is 1. The van der Waals surface area contributed by atoms with Crippen molar-refractivity contribution in [3.63, 3.8) is 0 Å². The lowest BCUT2D eigenvalue weighted by atomic mass is 10.2. The summed E-state index contributed by atoms with van der Waals surface area (Å²) in [6.07, 6.45) is 4.85. The third-order valence-electron chi connectivity index (χ3n) is 2.49. The Labute approximate surface area is 116 Å². The molecule has 0 aliphatic heterocycles. The summed E-state index contributed by atoms with van der Waals surface area (Å²) in [5.41, 5.74) is 1.64. The predicted molar refractivity (Wildman–Crippen MR) is 76.6 cm³/mol. The first-order chi connectivity index (χ1) is 9.25. The maximum Gasteiger partial charge on any atom is 0.244 e. The van der Waals surface area contributed by atoms with Gasteiger partial charge in [-0.2, -0.15) is 0 Å². The Morgan fingerprint density at radius 3 is 2.74 bits per heavy atom. The molecule has 0 saturated carbocycles. The second kappa shape index (κ2) is 6.71. The topological polar surface area (TPSA) is 42.0 Å². The van der Waals surface area contributed by atoms with Gasteiger partial charge in [-0.1, -0.05) is 35.9 Å². The average Bonchev–Trinajstić information content (AvgIpc) is 2.45. The highest BCUT2D eigenvalue weighted by Crippen LogP contribution is 2.15. The molecule has 3 nitrogen and oxygen atoms in total. The van der Waals surface area contributed by atoms with Crippen LogP contribution in [-0.4, -0.2) is 10.9 Å². The number of hydrogen-bond acceptors (Lipinski definition) is 2. The minimum atomic E-state index is -0.175. The minimum absolute atomic E-state index is 0.175. The molecular formula is C15H13ClN2O. The maximum absolute atomic E-state index is 11.6. The molecule has 4 heteroatoms. The summed E-state index contributed by atoms with van der Waals surface area (Å²) in [4.78, 5) is 15.8. The van der Waals surface area contributed by atoms with Crippen LogP contribution in [0.1, 0.15) is 11.3 Å². The van der Waals surface area contributed by atoms with Crippen LogP contribution in [-0.2, 0) is 11.3 Å². The van der Waals surface area contributed by atoms with Crippen LogP contribution in [0.4, 0.5) is 0 Å². The van der Waals surface area contributed by atoms with Crippen LogP contribution in [0.15, 0.2) is 54.7 Å². The van der Waals surface area contributed by atoms with Crippen LogP contribution < -0.4 is 5.32 Å². The largest absolute Gasteiger partial charge is 0.347 e. The maximum atomic E-state index is 11.6. The summed E-state index contributed by atoms with van der Waals surface area (Å²) in [6.45, 7) is 0.409. The fourth-order valence-corrected chi connectivity index (χ4v) is 1.71. The molecule has 0 unspecified atom stereocenters. The molecule has 0 radical (unpaired) electrons. The Bertz CT molecular complexity index is 582. The van der Waals surface area contributed by atoms with Gasteiger partial charge in [0.2, 0.25) is 5.91 Å². The zero-order chi connectivity index (χ0) is 13.5. The zero-order valence-electron chi connectivity index (χ0n) is 10.2. The number of rotatable bonds is 4. The number of carbonyl (C=O) groups is 1. The van der Waals surface area contributed by atoms with E-state index in [-0.39, 0.29) is 5.91 Å². The molecule has 0 saturated heterocycles. The van der Waals surface area contributed by atoms with Crippen LogP contribution in [0.5, 0.6) is 0 Å². The molecule has 0 aliphatic carbocycles. The van der Waals surface area contributed by atoms with Gasteiger partial charge in [0.25, 0.3) is 0 Å². The third-order valence-corrected chi connectivity index (χ3v) is 2.83. The van der Waals surface area contributed by atoms with Crippen LogP contribution in [0.3, 0.4) is 0 Å². The zero-order valence-corrected chi connectivity index (χ0v) is 11.0. The van der Waals surface area contributed by atoms with E-state index in [1.807, 2.05) is 36.4 Å². The average molecular weight is 273 g/mol. The van der Waals surface area contributed by atoms with Gasteiger partial charge >= 0.3 is 0 Å². The van der Waals surface area contributed by atoms with Crippen molar-refractivity contribution in [1.29, 1.82) is 0 Å². The first kappa shape index (κ1) is 13.3. The molecule has 19 heavy (non-hydrogen) atoms. The van der Waals surface area contributed by atoms with Crippen molar-refractivity contribution in [2.24, 2.45) is 0 Å². The molecule has 0 fully saturated rings. The lowest BCUT2D eigenvalue weighted by molar-refractivity contribution is -0.116. The summed E-state index contributed by atoms with van der Waals surface area (Å²) in [5.74, 6) is -0.175. The number of nitrogens with zero attached hydrogens (tertiary/aromatic N) is 1. The number of carbonyl (C=O) groups excluding carboxylic acids is 1. The van der Waals surface area contributed by atoms with Gasteiger partial charge in [-0.3, -0.25) is 9.78 Å². The molecule has 1 aromatic heterocycles. The summed E-state index contributed by atoms with van der Waals surface area (Å²) in [7, 11) is 0. The fourth-order valence-electron chi connectivity index (χ4n) is 1.52. The smallest absolute Gasteiger partial charge is 0.244 e. The highest BCUT2D eigenvalue weighted by atomic mass is 35.5. The van der Waals surface area contributed by atoms with Gasteiger partial charge in [-0.15, -0.1) is 0 Å². The number of benzene rings is 1. The van der Waals surface area contributed by atoms with Gasteiger partial charge in [0, 0.05) is 17.3 Å². The third kappa shape index (κ3) is 4.23. The number of pyridine rings is 1. The molecule has 2 rings (SSSR count). The molecule has 2 aromatic rings. The Morgan fingerprint density at radius 1 is 1.21 bits per heavy atom. The van der Waals surface area contributed by atoms with E-state index < -0.39 is 0 Å². The quantitative estimate of drug-likeness (QED) is 0.869. The number of halogens is 1. The standard InChI is InChI=1S/C15H13ClN2O/c16-14-7-2-1-5-12(14)8-9-15(19)18-11-13-6-3-4-10-17-13/h1-10H,11H2,(H,18,19). The lowest BCUT2D eigenvalue weighted by Gasteiger charge is -2.01. The molecule has 0 bridgehead atoms. The van der Waals surface area contributed by atoms with Gasteiger partial charge in [0.1, 0.15) is 0 Å². The molecular weight excluding hydrogens is 260 g/mol. The minimum Gasteiger partial charge on any atom is -0.347 e. The second-order valence-corrected chi connectivity index (χ2v) is 4.30. The van der Waals surface area contributed by atoms with Gasteiger partial charge in [-0.25, -0.2) is 0 Å². The van der Waals surface area contributed by atoms with Crippen LogP contribution in [0.25, 0.3) is 6.08 Å². The number of hydrogen-bond donors (Lipinski definition) is 1. The molecule has 1 N–H and O–H groups in total. The van der Waals surface area contributed by atoms with Crippen molar-refractivity contribution in [3.8, 4) is 0 Å². The van der Waals surface area contributed by atoms with Crippen molar-refractivity contribution >= 4 is 23.6 Å². The number of aromatic nitrogens is 1. The van der Waals surface area contributed by atoms with E-state index in [9.17, 15) is 4.79 Å². The Balaban J connectivity index is 1.90. The van der Waals surface area contributed by atoms with E-state index in [1.54, 1.807) is 18.3 Å². The fraction of sp³-hybridized carbons (Fsp3) is 0.0667. The summed E-state index contributed by atoms with van der Waals surface area (Å²) >= 11 is 5.99. The highest BCUT2D eigenvalue weighted by Gasteiger charge is 1.98. The predicted octanol–water partition coefficient (Wildman–Crippen LogP) is 3.06. The van der Waals surface area contributed by atoms with Crippen LogP contribution in [0.2, 0.25) is 5.02 Å². The van der Waals surface area contributed by atoms with E-state index in [4.69, 9.17) is 11.6 Å². The Morgan fingerprint density at radius 2 is 2.00 bits per heavy atom. The van der Waals surface area contributed by atoms with Crippen molar-refractivity contribution in [2.75, 3.05) is 0 Å². The molecule has 0 spiro atoms. The summed E-state index contributed by atoms with van der Waals surface area (Å²) in [5, 5.41) is 3.38. The monoisotopic (exact) mass is 272 g/mol. The van der Waals surface area contributed by atoms with Gasteiger partial charge in [0.15, 0.2) is 0 Å². The SMILES string of the molecule is O=C(C=Cc1ccccc1Cl)NCc1ccccn1. The van der Waals surface area contributed by atoms with Crippen LogP contribution >= 0.6 is 11.6 Å². The lowest BCUT2D eigenvalue weighted by Crippen LogP contribution is -2.20. The number of nitrogens with one attached hydrogen (secondary N) is 1. The van der Waals surface area contributed by atoms with E-state index >= 15 is 0 Å². The van der Waals surface area contributed by atoms with Crippen molar-refractivity contribution in [1.82, 2.24) is 10.3 Å². The molecule has 1 amide bonds. The molecule has 0 aliphatic rings. The van der Waals surface area contributed by atoms with Gasteiger partial charge in [-0.05, 0) is 29.8 Å². The van der Waals surface area contributed by atoms with Gasteiger partial charge in [0.05, 0.1) is 12.2 Å². The first-order valence-corrected chi connectivity index (χ1v) is 6.24. The summed E-state index contributed by atoms with van der Waals surface area (Å²) in [6, 6.07) is 12.9. The van der Waals surface area contributed by atoms with E-state index in [2.05, 4.69) is 10.3 Å². The van der Waals surface area contributed by atoms with Crippen molar-refractivity contribution in [2.45, 2.75) is 6.54 Å². The van der Waals surface area contributed by atoms with Crippen LogP contribution in [0, 0.1) is 0 Å². The Hall–Kier alpha value is -2.13. The molecule has 0 atom stereocenters. The van der Waals surface area contributed by atoms with Crippen molar-refractivity contribution < 1.29 is 4.79 Å². The highest BCUT2D eigenvalue weighted by molar-refractivity contribution is 6.32. The molecule has 1 aromatic carbocycles. The molecule has 1 heterocycles. The van der Waals surface area contributed by atoms with E-state index in [0.29, 0.717) is 11.6 Å². The normalized spacial score (nSPS) is 10.6.